The first kappa shape index (κ1) is 23.9. The molecule has 0 bridgehead atoms. The lowest BCUT2D eigenvalue weighted by Crippen LogP contribution is -2.32. The highest BCUT2D eigenvalue weighted by molar-refractivity contribution is 7.91. The Morgan fingerprint density at radius 3 is 2.56 bits per heavy atom. The van der Waals surface area contributed by atoms with Gasteiger partial charge in [0, 0.05) is 18.5 Å². The standard InChI is InChI=1S/C19H27N5O6S2/c1-6-23(7-2)32(27,28)19-16(25)14(10-31-19)21-17-18(24(26)30-22-17)20-12(5)15-8-13(9-29-15)11(3)4/h8-12,26H,6-7H2,1-5H3,(H2,21,22,25)/p+1/t12-/m1/s1. The van der Waals surface area contributed by atoms with E-state index >= 15 is 0 Å². The van der Waals surface area contributed by atoms with Crippen molar-refractivity contribution in [2.24, 2.45) is 0 Å². The van der Waals surface area contributed by atoms with Gasteiger partial charge in [0.2, 0.25) is 0 Å². The normalized spacial score (nSPS) is 13.1. The topological polar surface area (TPSA) is 145 Å². The molecule has 32 heavy (non-hydrogen) atoms. The third-order valence-corrected chi connectivity index (χ3v) is 8.52. The molecule has 3 aromatic rings. The Bertz CT molecular complexity index is 1160. The van der Waals surface area contributed by atoms with Crippen molar-refractivity contribution >= 4 is 38.7 Å². The van der Waals surface area contributed by atoms with Crippen LogP contribution in [0.4, 0.5) is 17.3 Å². The number of aromatic nitrogens is 2. The Morgan fingerprint density at radius 1 is 1.28 bits per heavy atom. The molecule has 0 radical (unpaired) electrons. The zero-order valence-corrected chi connectivity index (χ0v) is 20.1. The predicted molar refractivity (Wildman–Crippen MR) is 118 cm³/mol. The summed E-state index contributed by atoms with van der Waals surface area (Å²) in [5.41, 5.74) is 1.16. The van der Waals surface area contributed by atoms with Crippen LogP contribution in [0.25, 0.3) is 0 Å². The molecule has 3 heterocycles. The fourth-order valence-electron chi connectivity index (χ4n) is 3.05. The first-order valence-electron chi connectivity index (χ1n) is 10.1. The van der Waals surface area contributed by atoms with E-state index in [1.54, 1.807) is 20.1 Å². The van der Waals surface area contributed by atoms with Crippen molar-refractivity contribution in [3.05, 3.63) is 29.0 Å². The summed E-state index contributed by atoms with van der Waals surface area (Å²) < 4.78 is 37.0. The Kier molecular flexibility index (Phi) is 7.00. The van der Waals surface area contributed by atoms with Crippen LogP contribution in [0.2, 0.25) is 0 Å². The van der Waals surface area contributed by atoms with Crippen molar-refractivity contribution < 1.29 is 32.7 Å². The smallest absolute Gasteiger partial charge is 0.366 e. The van der Waals surface area contributed by atoms with Crippen molar-refractivity contribution in [3.63, 3.8) is 0 Å². The molecule has 0 unspecified atom stereocenters. The largest absolute Gasteiger partial charge is 0.504 e. The van der Waals surface area contributed by atoms with Gasteiger partial charge < -0.3 is 20.0 Å². The molecule has 3 aromatic heterocycles. The zero-order valence-electron chi connectivity index (χ0n) is 18.5. The van der Waals surface area contributed by atoms with E-state index in [0.29, 0.717) is 16.6 Å². The minimum Gasteiger partial charge on any atom is -0.504 e. The van der Waals surface area contributed by atoms with Crippen LogP contribution in [0.3, 0.4) is 0 Å². The Morgan fingerprint density at radius 2 is 1.97 bits per heavy atom. The molecular formula is C19H28N5O6S2+. The maximum Gasteiger partial charge on any atom is 0.366 e. The van der Waals surface area contributed by atoms with Crippen molar-refractivity contribution in [2.75, 3.05) is 23.7 Å². The number of rotatable bonds is 10. The molecular weight excluding hydrogens is 458 g/mol. The number of sulfonamides is 1. The molecule has 11 nitrogen and oxygen atoms in total. The van der Waals surface area contributed by atoms with Gasteiger partial charge in [-0.05, 0) is 24.5 Å². The first-order valence-corrected chi connectivity index (χ1v) is 12.5. The van der Waals surface area contributed by atoms with Crippen molar-refractivity contribution in [1.82, 2.24) is 9.46 Å². The monoisotopic (exact) mass is 486 g/mol. The van der Waals surface area contributed by atoms with E-state index in [9.17, 15) is 18.7 Å². The van der Waals surface area contributed by atoms with E-state index in [0.717, 1.165) is 16.9 Å². The predicted octanol–water partition coefficient (Wildman–Crippen LogP) is 3.63. The molecule has 176 valence electrons. The van der Waals surface area contributed by atoms with Crippen LogP contribution >= 0.6 is 11.3 Å². The highest BCUT2D eigenvalue weighted by Crippen LogP contribution is 2.41. The van der Waals surface area contributed by atoms with Gasteiger partial charge in [-0.2, -0.15) is 4.31 Å². The van der Waals surface area contributed by atoms with Gasteiger partial charge in [-0.3, -0.25) is 5.32 Å². The Labute approximate surface area is 190 Å². The Hall–Kier alpha value is -2.77. The minimum absolute atomic E-state index is 0.0508. The summed E-state index contributed by atoms with van der Waals surface area (Å²) in [5, 5.41) is 31.6. The summed E-state index contributed by atoms with van der Waals surface area (Å²) in [4.78, 5) is 0.433. The lowest BCUT2D eigenvalue weighted by atomic mass is 10.1. The zero-order chi connectivity index (χ0) is 23.6. The van der Waals surface area contributed by atoms with Gasteiger partial charge in [-0.25, -0.2) is 8.42 Å². The fraction of sp³-hybridized carbons (Fsp3) is 0.474. The van der Waals surface area contributed by atoms with E-state index in [1.807, 2.05) is 13.0 Å². The van der Waals surface area contributed by atoms with E-state index < -0.39 is 15.8 Å². The molecule has 1 atom stereocenters. The second kappa shape index (κ2) is 9.38. The molecule has 0 aromatic carbocycles. The van der Waals surface area contributed by atoms with Gasteiger partial charge in [0.05, 0.1) is 12.0 Å². The highest BCUT2D eigenvalue weighted by atomic mass is 32.2. The van der Waals surface area contributed by atoms with Crippen LogP contribution < -0.4 is 15.5 Å². The molecule has 3 rings (SSSR count). The van der Waals surface area contributed by atoms with Gasteiger partial charge in [0.15, 0.2) is 9.96 Å². The molecule has 0 fully saturated rings. The third kappa shape index (κ3) is 4.54. The molecule has 0 saturated carbocycles. The quantitative estimate of drug-likeness (QED) is 0.316. The number of nitrogens with zero attached hydrogens (tertiary/aromatic N) is 3. The number of furan rings is 1. The minimum atomic E-state index is -3.83. The molecule has 0 aliphatic rings. The summed E-state index contributed by atoms with van der Waals surface area (Å²) in [6.45, 7) is 9.95. The van der Waals surface area contributed by atoms with Gasteiger partial charge in [-0.15, -0.1) is 11.3 Å². The fourth-order valence-corrected chi connectivity index (χ4v) is 5.88. The molecule has 0 spiro atoms. The van der Waals surface area contributed by atoms with Crippen LogP contribution in [-0.2, 0) is 10.0 Å². The van der Waals surface area contributed by atoms with E-state index in [-0.39, 0.29) is 40.7 Å². The van der Waals surface area contributed by atoms with Crippen molar-refractivity contribution in [2.45, 2.75) is 50.8 Å². The van der Waals surface area contributed by atoms with Gasteiger partial charge in [-0.1, -0.05) is 32.3 Å². The summed E-state index contributed by atoms with van der Waals surface area (Å²) in [5.74, 6) is 0.639. The summed E-state index contributed by atoms with van der Waals surface area (Å²) in [6.07, 6.45) is 1.68. The number of anilines is 3. The average molecular weight is 487 g/mol. The van der Waals surface area contributed by atoms with Gasteiger partial charge >= 0.3 is 11.6 Å². The lowest BCUT2D eigenvalue weighted by molar-refractivity contribution is -1.03. The number of nitrogens with one attached hydrogen (secondary N) is 2. The van der Waals surface area contributed by atoms with Gasteiger partial charge in [0.25, 0.3) is 10.0 Å². The van der Waals surface area contributed by atoms with Crippen LogP contribution in [0.1, 0.15) is 57.9 Å². The van der Waals surface area contributed by atoms with E-state index in [4.69, 9.17) is 9.05 Å². The average Bonchev–Trinajstić information content (AvgIpc) is 3.45. The van der Waals surface area contributed by atoms with Crippen molar-refractivity contribution in [1.29, 1.82) is 0 Å². The number of aromatic hydroxyl groups is 1. The lowest BCUT2D eigenvalue weighted by Gasteiger charge is -2.17. The van der Waals surface area contributed by atoms with Crippen LogP contribution in [0.5, 0.6) is 5.75 Å². The molecule has 4 N–H and O–H groups in total. The Balaban J connectivity index is 1.84. The summed E-state index contributed by atoms with van der Waals surface area (Å²) in [6, 6.07) is 1.57. The second-order valence-corrected chi connectivity index (χ2v) is 10.5. The number of thiophene rings is 1. The maximum atomic E-state index is 12.8. The van der Waals surface area contributed by atoms with E-state index in [2.05, 4.69) is 29.6 Å². The molecule has 0 amide bonds. The number of hydrogen-bond acceptors (Lipinski definition) is 10. The van der Waals surface area contributed by atoms with E-state index in [1.165, 1.54) is 9.69 Å². The summed E-state index contributed by atoms with van der Waals surface area (Å²) >= 11 is 0.885. The SMILES string of the molecule is CCN(CC)S(=O)(=O)c1scc(Nc2no[n+](O)c2N[C@H](C)c2cc(C(C)C)co2)c1O. The number of hydrogen-bond donors (Lipinski definition) is 4. The molecule has 0 saturated heterocycles. The molecule has 0 aliphatic heterocycles. The van der Waals surface area contributed by atoms with Crippen LogP contribution in [-0.4, -0.2) is 41.3 Å². The molecule has 0 aliphatic carbocycles. The third-order valence-electron chi connectivity index (χ3n) is 4.98. The summed E-state index contributed by atoms with van der Waals surface area (Å²) in [7, 11) is -3.83. The first-order chi connectivity index (χ1) is 15.1. The highest BCUT2D eigenvalue weighted by Gasteiger charge is 2.32. The van der Waals surface area contributed by atoms with Crippen molar-refractivity contribution in [3.8, 4) is 5.75 Å². The van der Waals surface area contributed by atoms with Crippen LogP contribution in [0.15, 0.2) is 31.0 Å². The second-order valence-electron chi connectivity index (χ2n) is 7.45. The van der Waals surface area contributed by atoms with Gasteiger partial charge in [0.1, 0.15) is 21.9 Å². The maximum absolute atomic E-state index is 12.8. The van der Waals surface area contributed by atoms with Crippen LogP contribution in [0, 0.1) is 0 Å². The molecule has 13 heteroatoms.